The first-order valence-corrected chi connectivity index (χ1v) is 7.70. The monoisotopic (exact) mass is 270 g/mol. The van der Waals surface area contributed by atoms with E-state index in [2.05, 4.69) is 24.1 Å². The molecule has 0 bridgehead atoms. The number of rotatable bonds is 6. The fraction of sp³-hybridized carbons (Fsp3) is 1.00. The molecule has 2 aliphatic rings. The van der Waals surface area contributed by atoms with Crippen LogP contribution < -0.4 is 5.32 Å². The molecule has 2 rings (SSSR count). The molecular weight excluding hydrogens is 240 g/mol. The predicted octanol–water partition coefficient (Wildman–Crippen LogP) is 1.24. The number of aliphatic hydroxyl groups is 1. The van der Waals surface area contributed by atoms with Crippen molar-refractivity contribution in [1.82, 2.24) is 10.2 Å². The maximum absolute atomic E-state index is 9.76. The Balaban J connectivity index is 1.87. The summed E-state index contributed by atoms with van der Waals surface area (Å²) in [4.78, 5) is 2.61. The van der Waals surface area contributed by atoms with Crippen molar-refractivity contribution >= 4 is 0 Å². The molecule has 0 aromatic rings. The van der Waals surface area contributed by atoms with Crippen LogP contribution in [0.1, 0.15) is 39.5 Å². The van der Waals surface area contributed by atoms with Gasteiger partial charge in [0.25, 0.3) is 0 Å². The van der Waals surface area contributed by atoms with Gasteiger partial charge in [0.2, 0.25) is 0 Å². The second-order valence-electron chi connectivity index (χ2n) is 6.74. The Morgan fingerprint density at radius 3 is 2.84 bits per heavy atom. The van der Waals surface area contributed by atoms with Crippen molar-refractivity contribution in [2.45, 2.75) is 57.2 Å². The molecule has 4 heteroatoms. The first-order chi connectivity index (χ1) is 9.08. The van der Waals surface area contributed by atoms with Gasteiger partial charge in [-0.15, -0.1) is 0 Å². The number of ether oxygens (including phenoxy) is 1. The van der Waals surface area contributed by atoms with E-state index in [-0.39, 0.29) is 12.1 Å². The summed E-state index contributed by atoms with van der Waals surface area (Å²) >= 11 is 0. The van der Waals surface area contributed by atoms with Crippen molar-refractivity contribution in [3.8, 4) is 0 Å². The Morgan fingerprint density at radius 1 is 1.42 bits per heavy atom. The van der Waals surface area contributed by atoms with E-state index in [1.54, 1.807) is 7.11 Å². The van der Waals surface area contributed by atoms with Gasteiger partial charge in [0.05, 0.1) is 13.2 Å². The number of nitrogens with one attached hydrogen (secondary N) is 1. The molecule has 112 valence electrons. The Labute approximate surface area is 117 Å². The Morgan fingerprint density at radius 2 is 2.21 bits per heavy atom. The zero-order valence-corrected chi connectivity index (χ0v) is 12.7. The molecule has 1 heterocycles. The average Bonchev–Trinajstić information content (AvgIpc) is 2.96. The van der Waals surface area contributed by atoms with E-state index in [1.807, 2.05) is 0 Å². The molecule has 0 aromatic heterocycles. The van der Waals surface area contributed by atoms with Crippen molar-refractivity contribution in [2.24, 2.45) is 5.92 Å². The standard InChI is InChI=1S/C15H30N2O2/c1-12(2)16-15(11-18)6-4-14(8-15)17-7-5-13(9-17)10-19-3/h12-14,16,18H,4-11H2,1-3H3. The summed E-state index contributed by atoms with van der Waals surface area (Å²) in [5.41, 5.74) is -0.0435. The first kappa shape index (κ1) is 15.2. The van der Waals surface area contributed by atoms with Crippen LogP contribution >= 0.6 is 0 Å². The highest BCUT2D eigenvalue weighted by molar-refractivity contribution is 5.01. The van der Waals surface area contributed by atoms with Gasteiger partial charge in [-0.1, -0.05) is 13.8 Å². The molecule has 2 N–H and O–H groups in total. The molecule has 3 atom stereocenters. The minimum atomic E-state index is -0.0435. The summed E-state index contributed by atoms with van der Waals surface area (Å²) in [5, 5.41) is 13.4. The van der Waals surface area contributed by atoms with E-state index < -0.39 is 0 Å². The van der Waals surface area contributed by atoms with E-state index in [0.29, 0.717) is 18.0 Å². The van der Waals surface area contributed by atoms with Gasteiger partial charge in [0.15, 0.2) is 0 Å². The third kappa shape index (κ3) is 3.69. The zero-order valence-electron chi connectivity index (χ0n) is 12.7. The summed E-state index contributed by atoms with van der Waals surface area (Å²) in [5.74, 6) is 0.701. The van der Waals surface area contributed by atoms with Crippen molar-refractivity contribution in [3.05, 3.63) is 0 Å². The van der Waals surface area contributed by atoms with Crippen LogP contribution in [0.25, 0.3) is 0 Å². The van der Waals surface area contributed by atoms with E-state index in [9.17, 15) is 5.11 Å². The Hall–Kier alpha value is -0.160. The maximum atomic E-state index is 9.76. The van der Waals surface area contributed by atoms with Gasteiger partial charge in [0.1, 0.15) is 0 Å². The molecule has 0 spiro atoms. The van der Waals surface area contributed by atoms with Gasteiger partial charge in [-0.05, 0) is 38.1 Å². The topological polar surface area (TPSA) is 44.7 Å². The lowest BCUT2D eigenvalue weighted by atomic mass is 9.97. The normalized spacial score (nSPS) is 36.5. The van der Waals surface area contributed by atoms with E-state index >= 15 is 0 Å². The number of hydrogen-bond acceptors (Lipinski definition) is 4. The van der Waals surface area contributed by atoms with Crippen LogP contribution in [-0.2, 0) is 4.74 Å². The molecular formula is C15H30N2O2. The maximum Gasteiger partial charge on any atom is 0.0614 e. The summed E-state index contributed by atoms with van der Waals surface area (Å²) in [6, 6.07) is 1.07. The molecule has 1 saturated heterocycles. The third-order valence-electron chi connectivity index (χ3n) is 4.72. The van der Waals surface area contributed by atoms with Gasteiger partial charge in [0, 0.05) is 31.3 Å². The third-order valence-corrected chi connectivity index (χ3v) is 4.72. The smallest absolute Gasteiger partial charge is 0.0614 e. The number of likely N-dealkylation sites (tertiary alicyclic amines) is 1. The Kier molecular flexibility index (Phi) is 5.23. The SMILES string of the molecule is COCC1CCN(C2CCC(CO)(NC(C)C)C2)C1. The molecule has 0 amide bonds. The lowest BCUT2D eigenvalue weighted by molar-refractivity contribution is 0.132. The highest BCUT2D eigenvalue weighted by Gasteiger charge is 2.42. The van der Waals surface area contributed by atoms with Crippen LogP contribution in [0.3, 0.4) is 0 Å². The van der Waals surface area contributed by atoms with Crippen LogP contribution in [-0.4, -0.2) is 61.0 Å². The molecule has 0 aromatic carbocycles. The summed E-state index contributed by atoms with van der Waals surface area (Å²) in [7, 11) is 1.79. The highest BCUT2D eigenvalue weighted by Crippen LogP contribution is 2.35. The van der Waals surface area contributed by atoms with Gasteiger partial charge >= 0.3 is 0 Å². The number of hydrogen-bond donors (Lipinski definition) is 2. The largest absolute Gasteiger partial charge is 0.394 e. The lowest BCUT2D eigenvalue weighted by Gasteiger charge is -2.32. The molecule has 19 heavy (non-hydrogen) atoms. The second kappa shape index (κ2) is 6.53. The molecule has 1 aliphatic heterocycles. The number of aliphatic hydroxyl groups excluding tert-OH is 1. The van der Waals surface area contributed by atoms with Crippen molar-refractivity contribution in [2.75, 3.05) is 33.4 Å². The quantitative estimate of drug-likeness (QED) is 0.762. The summed E-state index contributed by atoms with van der Waals surface area (Å²) in [6.07, 6.45) is 4.65. The van der Waals surface area contributed by atoms with Gasteiger partial charge in [-0.2, -0.15) is 0 Å². The molecule has 3 unspecified atom stereocenters. The van der Waals surface area contributed by atoms with Crippen molar-refractivity contribution in [1.29, 1.82) is 0 Å². The average molecular weight is 270 g/mol. The van der Waals surface area contributed by atoms with Crippen LogP contribution in [0, 0.1) is 5.92 Å². The number of nitrogens with zero attached hydrogens (tertiary/aromatic N) is 1. The molecule has 1 saturated carbocycles. The minimum Gasteiger partial charge on any atom is -0.394 e. The summed E-state index contributed by atoms with van der Waals surface area (Å²) < 4.78 is 5.27. The van der Waals surface area contributed by atoms with E-state index in [4.69, 9.17) is 4.74 Å². The lowest BCUT2D eigenvalue weighted by Crippen LogP contribution is -2.50. The van der Waals surface area contributed by atoms with Gasteiger partial charge in [-0.25, -0.2) is 0 Å². The zero-order chi connectivity index (χ0) is 13.9. The minimum absolute atomic E-state index is 0.0435. The highest BCUT2D eigenvalue weighted by atomic mass is 16.5. The fourth-order valence-electron chi connectivity index (χ4n) is 3.91. The van der Waals surface area contributed by atoms with Crippen LogP contribution in [0.15, 0.2) is 0 Å². The summed E-state index contributed by atoms with van der Waals surface area (Å²) in [6.45, 7) is 7.84. The van der Waals surface area contributed by atoms with E-state index in [0.717, 1.165) is 19.4 Å². The van der Waals surface area contributed by atoms with Crippen molar-refractivity contribution in [3.63, 3.8) is 0 Å². The van der Waals surface area contributed by atoms with Crippen LogP contribution in [0.2, 0.25) is 0 Å². The van der Waals surface area contributed by atoms with Crippen LogP contribution in [0.5, 0.6) is 0 Å². The van der Waals surface area contributed by atoms with Crippen molar-refractivity contribution < 1.29 is 9.84 Å². The van der Waals surface area contributed by atoms with E-state index in [1.165, 1.54) is 25.9 Å². The Bertz CT molecular complexity index is 285. The van der Waals surface area contributed by atoms with Crippen LogP contribution in [0.4, 0.5) is 0 Å². The second-order valence-corrected chi connectivity index (χ2v) is 6.74. The molecule has 1 aliphatic carbocycles. The van der Waals surface area contributed by atoms with Gasteiger partial charge < -0.3 is 15.2 Å². The number of methoxy groups -OCH3 is 1. The molecule has 2 fully saturated rings. The van der Waals surface area contributed by atoms with Gasteiger partial charge in [-0.3, -0.25) is 4.90 Å². The predicted molar refractivity (Wildman–Crippen MR) is 77.3 cm³/mol. The fourth-order valence-corrected chi connectivity index (χ4v) is 3.91. The first-order valence-electron chi connectivity index (χ1n) is 7.70. The molecule has 0 radical (unpaired) electrons. The molecule has 4 nitrogen and oxygen atoms in total.